The molecule has 0 unspecified atom stereocenters. The highest BCUT2D eigenvalue weighted by molar-refractivity contribution is 6.03. The summed E-state index contributed by atoms with van der Waals surface area (Å²) in [4.78, 5) is 16.4. The van der Waals surface area contributed by atoms with Crippen molar-refractivity contribution < 1.29 is 9.21 Å². The summed E-state index contributed by atoms with van der Waals surface area (Å²) in [5.74, 6) is 0.503. The predicted molar refractivity (Wildman–Crippen MR) is 79.1 cm³/mol. The number of nitrogens with one attached hydrogen (secondary N) is 1. The van der Waals surface area contributed by atoms with E-state index in [1.54, 1.807) is 13.8 Å². The minimum atomic E-state index is -0.264. The molecule has 2 rings (SSSR count). The van der Waals surface area contributed by atoms with Crippen LogP contribution in [0.2, 0.25) is 0 Å². The highest BCUT2D eigenvalue weighted by Crippen LogP contribution is 2.29. The fourth-order valence-electron chi connectivity index (χ4n) is 2.17. The van der Waals surface area contributed by atoms with Crippen molar-refractivity contribution in [3.8, 4) is 0 Å². The molecule has 20 heavy (non-hydrogen) atoms. The van der Waals surface area contributed by atoms with E-state index in [0.717, 1.165) is 11.3 Å². The zero-order valence-corrected chi connectivity index (χ0v) is 12.6. The molecule has 1 heterocycles. The molecular formula is C16H20N2O2. The van der Waals surface area contributed by atoms with Gasteiger partial charge in [0.2, 0.25) is 5.76 Å². The zero-order chi connectivity index (χ0) is 14.9. The van der Waals surface area contributed by atoms with Crippen LogP contribution in [0.15, 0.2) is 28.7 Å². The minimum absolute atomic E-state index is 0.0454. The fraction of sp³-hybridized carbons (Fsp3) is 0.375. The van der Waals surface area contributed by atoms with Crippen molar-refractivity contribution in [3.63, 3.8) is 0 Å². The number of hydrogen-bond donors (Lipinski definition) is 1. The second-order valence-electron chi connectivity index (χ2n) is 5.90. The summed E-state index contributed by atoms with van der Waals surface area (Å²) in [6, 6.07) is 7.80. The normalized spacial score (nSPS) is 11.4. The van der Waals surface area contributed by atoms with E-state index in [1.165, 1.54) is 0 Å². The first kappa shape index (κ1) is 14.3. The van der Waals surface area contributed by atoms with Crippen molar-refractivity contribution >= 4 is 11.6 Å². The first-order chi connectivity index (χ1) is 9.29. The van der Waals surface area contributed by atoms with Crippen molar-refractivity contribution in [2.75, 3.05) is 5.32 Å². The first-order valence-electron chi connectivity index (χ1n) is 6.64. The highest BCUT2D eigenvalue weighted by Gasteiger charge is 2.21. The Balaban J connectivity index is 2.31. The molecule has 0 fully saturated rings. The Hall–Kier alpha value is -2.10. The molecule has 0 bridgehead atoms. The maximum Gasteiger partial charge on any atom is 0.293 e. The predicted octanol–water partition coefficient (Wildman–Crippen LogP) is 3.84. The van der Waals surface area contributed by atoms with Crippen molar-refractivity contribution in [2.45, 2.75) is 40.0 Å². The van der Waals surface area contributed by atoms with Crippen molar-refractivity contribution in [1.82, 2.24) is 4.98 Å². The van der Waals surface area contributed by atoms with E-state index in [0.29, 0.717) is 11.6 Å². The molecule has 0 spiro atoms. The summed E-state index contributed by atoms with van der Waals surface area (Å²) in [6.07, 6.45) is 0. The van der Waals surface area contributed by atoms with Gasteiger partial charge >= 0.3 is 0 Å². The van der Waals surface area contributed by atoms with E-state index in [1.807, 2.05) is 24.3 Å². The van der Waals surface area contributed by atoms with Gasteiger partial charge in [-0.05, 0) is 24.0 Å². The fourth-order valence-corrected chi connectivity index (χ4v) is 2.17. The number of carbonyl (C=O) groups is 1. The van der Waals surface area contributed by atoms with E-state index in [2.05, 4.69) is 31.1 Å². The number of para-hydroxylation sites is 1. The highest BCUT2D eigenvalue weighted by atomic mass is 16.4. The topological polar surface area (TPSA) is 55.1 Å². The molecule has 0 aliphatic carbocycles. The number of hydrogen-bond acceptors (Lipinski definition) is 3. The third-order valence-electron chi connectivity index (χ3n) is 3.09. The molecule has 0 atom stereocenters. The molecule has 0 radical (unpaired) electrons. The van der Waals surface area contributed by atoms with Gasteiger partial charge in [0.05, 0.1) is 5.69 Å². The molecule has 1 amide bonds. The number of rotatable bonds is 2. The SMILES string of the molecule is Cc1nc(C)c(C(=O)Nc2ccccc2C(C)(C)C)o1. The summed E-state index contributed by atoms with van der Waals surface area (Å²) >= 11 is 0. The summed E-state index contributed by atoms with van der Waals surface area (Å²) in [7, 11) is 0. The van der Waals surface area contributed by atoms with Gasteiger partial charge in [0.15, 0.2) is 5.89 Å². The third kappa shape index (κ3) is 2.90. The molecule has 1 aromatic carbocycles. The number of anilines is 1. The maximum absolute atomic E-state index is 12.3. The Morgan fingerprint density at radius 1 is 1.20 bits per heavy atom. The standard InChI is InChI=1S/C16H20N2O2/c1-10-14(20-11(2)17-10)15(19)18-13-9-7-6-8-12(13)16(3,4)5/h6-9H,1-5H3,(H,18,19). The molecule has 0 aliphatic rings. The Kier molecular flexibility index (Phi) is 3.66. The number of amides is 1. The van der Waals surface area contributed by atoms with Crippen LogP contribution in [0.4, 0.5) is 5.69 Å². The molecule has 2 aromatic rings. The second-order valence-corrected chi connectivity index (χ2v) is 5.90. The molecule has 4 nitrogen and oxygen atoms in total. The van der Waals surface area contributed by atoms with Crippen LogP contribution in [0.5, 0.6) is 0 Å². The molecule has 1 N–H and O–H groups in total. The van der Waals surface area contributed by atoms with Gasteiger partial charge in [-0.25, -0.2) is 4.98 Å². The van der Waals surface area contributed by atoms with Gasteiger partial charge < -0.3 is 9.73 Å². The first-order valence-corrected chi connectivity index (χ1v) is 6.64. The molecular weight excluding hydrogens is 252 g/mol. The molecule has 106 valence electrons. The van der Waals surface area contributed by atoms with E-state index in [9.17, 15) is 4.79 Å². The van der Waals surface area contributed by atoms with Crippen LogP contribution in [0.1, 0.15) is 48.5 Å². The molecule has 4 heteroatoms. The number of aromatic nitrogens is 1. The van der Waals surface area contributed by atoms with Crippen molar-refractivity contribution in [2.24, 2.45) is 0 Å². The molecule has 0 aliphatic heterocycles. The summed E-state index contributed by atoms with van der Waals surface area (Å²) in [5, 5.41) is 2.91. The quantitative estimate of drug-likeness (QED) is 0.903. The van der Waals surface area contributed by atoms with Crippen LogP contribution >= 0.6 is 0 Å². The monoisotopic (exact) mass is 272 g/mol. The largest absolute Gasteiger partial charge is 0.436 e. The van der Waals surface area contributed by atoms with Crippen molar-refractivity contribution in [1.29, 1.82) is 0 Å². The van der Waals surface area contributed by atoms with Gasteiger partial charge in [-0.1, -0.05) is 39.0 Å². The summed E-state index contributed by atoms with van der Waals surface area (Å²) in [6.45, 7) is 9.83. The Morgan fingerprint density at radius 2 is 1.85 bits per heavy atom. The van der Waals surface area contributed by atoms with Crippen LogP contribution in [-0.2, 0) is 5.41 Å². The number of carbonyl (C=O) groups excluding carboxylic acids is 1. The maximum atomic E-state index is 12.3. The Labute approximate surface area is 119 Å². The average Bonchev–Trinajstić information content (AvgIpc) is 2.68. The average molecular weight is 272 g/mol. The van der Waals surface area contributed by atoms with Crippen LogP contribution in [0.25, 0.3) is 0 Å². The lowest BCUT2D eigenvalue weighted by atomic mass is 9.86. The van der Waals surface area contributed by atoms with E-state index >= 15 is 0 Å². The lowest BCUT2D eigenvalue weighted by molar-refractivity contribution is 0.0994. The number of nitrogens with zero attached hydrogens (tertiary/aromatic N) is 1. The lowest BCUT2D eigenvalue weighted by Gasteiger charge is -2.22. The smallest absolute Gasteiger partial charge is 0.293 e. The Morgan fingerprint density at radius 3 is 2.40 bits per heavy atom. The van der Waals surface area contributed by atoms with Crippen molar-refractivity contribution in [3.05, 3.63) is 47.2 Å². The molecule has 1 aromatic heterocycles. The number of oxazole rings is 1. The lowest BCUT2D eigenvalue weighted by Crippen LogP contribution is -2.18. The van der Waals surface area contributed by atoms with Crippen LogP contribution in [0.3, 0.4) is 0 Å². The second kappa shape index (κ2) is 5.12. The van der Waals surface area contributed by atoms with Crippen LogP contribution in [-0.4, -0.2) is 10.9 Å². The Bertz CT molecular complexity index is 636. The summed E-state index contributed by atoms with van der Waals surface area (Å²) < 4.78 is 5.35. The summed E-state index contributed by atoms with van der Waals surface area (Å²) in [5.41, 5.74) is 2.45. The van der Waals surface area contributed by atoms with Gasteiger partial charge in [0.1, 0.15) is 0 Å². The third-order valence-corrected chi connectivity index (χ3v) is 3.09. The van der Waals surface area contributed by atoms with Gasteiger partial charge in [0, 0.05) is 12.6 Å². The van der Waals surface area contributed by atoms with E-state index in [-0.39, 0.29) is 17.1 Å². The number of benzene rings is 1. The van der Waals surface area contributed by atoms with Gasteiger partial charge in [-0.15, -0.1) is 0 Å². The van der Waals surface area contributed by atoms with Crippen LogP contribution in [0, 0.1) is 13.8 Å². The van der Waals surface area contributed by atoms with Gasteiger partial charge in [-0.2, -0.15) is 0 Å². The van der Waals surface area contributed by atoms with E-state index in [4.69, 9.17) is 4.42 Å². The van der Waals surface area contributed by atoms with Gasteiger partial charge in [0.25, 0.3) is 5.91 Å². The molecule has 0 saturated carbocycles. The van der Waals surface area contributed by atoms with Gasteiger partial charge in [-0.3, -0.25) is 4.79 Å². The minimum Gasteiger partial charge on any atom is -0.436 e. The molecule has 0 saturated heterocycles. The van der Waals surface area contributed by atoms with E-state index < -0.39 is 0 Å². The van der Waals surface area contributed by atoms with Crippen LogP contribution < -0.4 is 5.32 Å². The number of aryl methyl sites for hydroxylation is 2. The zero-order valence-electron chi connectivity index (χ0n) is 12.6.